The van der Waals surface area contributed by atoms with Crippen LogP contribution in [-0.2, 0) is 21.4 Å². The third kappa shape index (κ3) is 5.25. The SMILES string of the molecule is COc1ccc(CN(C)C(=O)[C@@H](C)N(c2cc(C)cc(C)c2)S(C)(=O)=O)cc1. The lowest BCUT2D eigenvalue weighted by Crippen LogP contribution is -2.48. The molecule has 0 spiro atoms. The predicted octanol–water partition coefficient (Wildman–Crippen LogP) is 3.13. The molecule has 0 saturated carbocycles. The maximum Gasteiger partial charge on any atom is 0.246 e. The first-order chi connectivity index (χ1) is 13.0. The fourth-order valence-electron chi connectivity index (χ4n) is 3.28. The van der Waals surface area contributed by atoms with Gasteiger partial charge in [-0.25, -0.2) is 8.42 Å². The molecule has 1 amide bonds. The zero-order chi connectivity index (χ0) is 21.1. The summed E-state index contributed by atoms with van der Waals surface area (Å²) in [6.07, 6.45) is 1.12. The molecule has 7 heteroatoms. The zero-order valence-corrected chi connectivity index (χ0v) is 18.1. The van der Waals surface area contributed by atoms with Crippen molar-refractivity contribution in [3.8, 4) is 5.75 Å². The third-order valence-corrected chi connectivity index (χ3v) is 5.72. The van der Waals surface area contributed by atoms with Gasteiger partial charge in [-0.15, -0.1) is 0 Å². The minimum atomic E-state index is -3.64. The predicted molar refractivity (Wildman–Crippen MR) is 112 cm³/mol. The molecular formula is C21H28N2O4S. The lowest BCUT2D eigenvalue weighted by atomic mass is 10.1. The van der Waals surface area contributed by atoms with Crippen LogP contribution in [0.5, 0.6) is 5.75 Å². The summed E-state index contributed by atoms with van der Waals surface area (Å²) in [5.41, 5.74) is 3.31. The Hall–Kier alpha value is -2.54. The van der Waals surface area contributed by atoms with E-state index in [-0.39, 0.29) is 5.91 Å². The van der Waals surface area contributed by atoms with E-state index in [1.54, 1.807) is 33.2 Å². The molecule has 0 aromatic heterocycles. The maximum absolute atomic E-state index is 13.0. The summed E-state index contributed by atoms with van der Waals surface area (Å²) in [6, 6.07) is 12.1. The highest BCUT2D eigenvalue weighted by Gasteiger charge is 2.31. The molecule has 2 aromatic rings. The first kappa shape index (κ1) is 21.8. The molecule has 0 aliphatic heterocycles. The lowest BCUT2D eigenvalue weighted by Gasteiger charge is -2.31. The Morgan fingerprint density at radius 2 is 1.61 bits per heavy atom. The third-order valence-electron chi connectivity index (χ3n) is 4.48. The van der Waals surface area contributed by atoms with Crippen molar-refractivity contribution >= 4 is 21.6 Å². The van der Waals surface area contributed by atoms with Crippen LogP contribution >= 0.6 is 0 Å². The highest BCUT2D eigenvalue weighted by Crippen LogP contribution is 2.25. The molecule has 0 fully saturated rings. The molecule has 1 atom stereocenters. The Morgan fingerprint density at radius 1 is 1.07 bits per heavy atom. The van der Waals surface area contributed by atoms with E-state index >= 15 is 0 Å². The van der Waals surface area contributed by atoms with Crippen LogP contribution in [0.25, 0.3) is 0 Å². The van der Waals surface area contributed by atoms with Gasteiger partial charge in [-0.1, -0.05) is 18.2 Å². The number of likely N-dealkylation sites (N-methyl/N-ethyl adjacent to an activating group) is 1. The average Bonchev–Trinajstić information content (AvgIpc) is 2.59. The van der Waals surface area contributed by atoms with Crippen LogP contribution in [-0.4, -0.2) is 45.7 Å². The summed E-state index contributed by atoms with van der Waals surface area (Å²) >= 11 is 0. The van der Waals surface area contributed by atoms with E-state index < -0.39 is 16.1 Å². The number of carbonyl (C=O) groups excluding carboxylic acids is 1. The number of benzene rings is 2. The summed E-state index contributed by atoms with van der Waals surface area (Å²) in [7, 11) is -0.374. The smallest absolute Gasteiger partial charge is 0.246 e. The Labute approximate surface area is 167 Å². The Balaban J connectivity index is 2.27. The first-order valence-electron chi connectivity index (χ1n) is 8.98. The topological polar surface area (TPSA) is 66.9 Å². The van der Waals surface area contributed by atoms with Crippen molar-refractivity contribution in [2.45, 2.75) is 33.4 Å². The van der Waals surface area contributed by atoms with Crippen molar-refractivity contribution in [1.29, 1.82) is 0 Å². The van der Waals surface area contributed by atoms with Crippen molar-refractivity contribution in [3.05, 3.63) is 59.2 Å². The average molecular weight is 405 g/mol. The number of carbonyl (C=O) groups is 1. The number of sulfonamides is 1. The summed E-state index contributed by atoms with van der Waals surface area (Å²) in [6.45, 7) is 5.79. The van der Waals surface area contributed by atoms with Crippen LogP contribution in [0.15, 0.2) is 42.5 Å². The molecule has 0 N–H and O–H groups in total. The second kappa shape index (κ2) is 8.65. The van der Waals surface area contributed by atoms with Gasteiger partial charge in [0.1, 0.15) is 11.8 Å². The normalized spacial score (nSPS) is 12.4. The van der Waals surface area contributed by atoms with Crippen molar-refractivity contribution < 1.29 is 17.9 Å². The van der Waals surface area contributed by atoms with Gasteiger partial charge < -0.3 is 9.64 Å². The number of methoxy groups -OCH3 is 1. The van der Waals surface area contributed by atoms with E-state index in [0.29, 0.717) is 12.2 Å². The lowest BCUT2D eigenvalue weighted by molar-refractivity contribution is -0.131. The molecule has 2 aromatic carbocycles. The van der Waals surface area contributed by atoms with Crippen LogP contribution in [0.1, 0.15) is 23.6 Å². The van der Waals surface area contributed by atoms with Crippen molar-refractivity contribution in [2.24, 2.45) is 0 Å². The molecule has 0 aliphatic rings. The standard InChI is InChI=1S/C21H28N2O4S/c1-15-11-16(2)13-19(12-15)23(28(6,25)26)17(3)21(24)22(4)14-18-7-9-20(27-5)10-8-18/h7-13,17H,14H2,1-6H3/t17-/m1/s1. The van der Waals surface area contributed by atoms with E-state index in [1.165, 1.54) is 9.21 Å². The fourth-order valence-corrected chi connectivity index (χ4v) is 4.44. The Bertz CT molecular complexity index is 919. The molecule has 0 saturated heterocycles. The molecule has 6 nitrogen and oxygen atoms in total. The number of anilines is 1. The molecule has 0 unspecified atom stereocenters. The van der Waals surface area contributed by atoms with Gasteiger partial charge in [0.05, 0.1) is 19.1 Å². The van der Waals surface area contributed by atoms with Gasteiger partial charge in [-0.05, 0) is 61.7 Å². The summed E-state index contributed by atoms with van der Waals surface area (Å²) in [5, 5.41) is 0. The fraction of sp³-hybridized carbons (Fsp3) is 0.381. The minimum Gasteiger partial charge on any atom is -0.497 e. The number of nitrogens with zero attached hydrogens (tertiary/aromatic N) is 2. The molecule has 2 rings (SSSR count). The van der Waals surface area contributed by atoms with E-state index in [1.807, 2.05) is 44.2 Å². The molecule has 0 bridgehead atoms. The number of amides is 1. The summed E-state index contributed by atoms with van der Waals surface area (Å²) in [5.74, 6) is 0.463. The van der Waals surface area contributed by atoms with Gasteiger partial charge >= 0.3 is 0 Å². The van der Waals surface area contributed by atoms with E-state index in [4.69, 9.17) is 4.74 Å². The van der Waals surface area contributed by atoms with Crippen LogP contribution in [0.3, 0.4) is 0 Å². The van der Waals surface area contributed by atoms with Crippen LogP contribution < -0.4 is 9.04 Å². The molecule has 0 radical (unpaired) electrons. The number of rotatable bonds is 7. The van der Waals surface area contributed by atoms with Gasteiger partial charge in [0.25, 0.3) is 0 Å². The number of aryl methyl sites for hydroxylation is 2. The first-order valence-corrected chi connectivity index (χ1v) is 10.8. The van der Waals surface area contributed by atoms with Crippen molar-refractivity contribution in [2.75, 3.05) is 24.7 Å². The zero-order valence-electron chi connectivity index (χ0n) is 17.3. The second-order valence-electron chi connectivity index (χ2n) is 7.12. The number of ether oxygens (including phenoxy) is 1. The van der Waals surface area contributed by atoms with E-state index in [2.05, 4.69) is 0 Å². The second-order valence-corrected chi connectivity index (χ2v) is 8.98. The van der Waals surface area contributed by atoms with Gasteiger partial charge in [-0.3, -0.25) is 9.10 Å². The Morgan fingerprint density at radius 3 is 2.07 bits per heavy atom. The largest absolute Gasteiger partial charge is 0.497 e. The monoisotopic (exact) mass is 404 g/mol. The van der Waals surface area contributed by atoms with Gasteiger partial charge in [-0.2, -0.15) is 0 Å². The van der Waals surface area contributed by atoms with Crippen LogP contribution in [0.4, 0.5) is 5.69 Å². The summed E-state index contributed by atoms with van der Waals surface area (Å²) < 4.78 is 31.3. The highest BCUT2D eigenvalue weighted by atomic mass is 32.2. The van der Waals surface area contributed by atoms with Crippen LogP contribution in [0, 0.1) is 13.8 Å². The van der Waals surface area contributed by atoms with Crippen molar-refractivity contribution in [3.63, 3.8) is 0 Å². The van der Waals surface area contributed by atoms with Gasteiger partial charge in [0.15, 0.2) is 0 Å². The maximum atomic E-state index is 13.0. The molecule has 28 heavy (non-hydrogen) atoms. The van der Waals surface area contributed by atoms with Crippen molar-refractivity contribution in [1.82, 2.24) is 4.90 Å². The quantitative estimate of drug-likeness (QED) is 0.711. The molecule has 0 aliphatic carbocycles. The molecular weight excluding hydrogens is 376 g/mol. The molecule has 0 heterocycles. The van der Waals surface area contributed by atoms with E-state index in [9.17, 15) is 13.2 Å². The van der Waals surface area contributed by atoms with Gasteiger partial charge in [0, 0.05) is 13.6 Å². The van der Waals surface area contributed by atoms with E-state index in [0.717, 1.165) is 28.7 Å². The number of hydrogen-bond donors (Lipinski definition) is 0. The highest BCUT2D eigenvalue weighted by molar-refractivity contribution is 7.92. The van der Waals surface area contributed by atoms with Gasteiger partial charge in [0.2, 0.25) is 15.9 Å². The Kier molecular flexibility index (Phi) is 6.72. The number of hydrogen-bond acceptors (Lipinski definition) is 4. The minimum absolute atomic E-state index is 0.277. The molecule has 152 valence electrons. The summed E-state index contributed by atoms with van der Waals surface area (Å²) in [4.78, 5) is 14.5. The van der Waals surface area contributed by atoms with Crippen LogP contribution in [0.2, 0.25) is 0 Å².